The number of carboxylic acids is 1. The van der Waals surface area contributed by atoms with E-state index in [9.17, 15) is 9.59 Å². The van der Waals surface area contributed by atoms with Gasteiger partial charge in [-0.15, -0.1) is 11.3 Å². The number of aliphatic carboxylic acids is 1. The molecule has 1 atom stereocenters. The van der Waals surface area contributed by atoms with Crippen molar-refractivity contribution in [3.8, 4) is 0 Å². The standard InChI is InChI=1S/C18H14ClNO3S/c19-14-3-1-2-13-16(21)12-5-4-11(8-15(12)24-17(13)14)20-7-6-10(9-20)18(22)23/h1-5,8,10H,6-7,9H2,(H,22,23)/t10-/m0/s1. The van der Waals surface area contributed by atoms with Crippen molar-refractivity contribution < 1.29 is 9.90 Å². The molecule has 1 aliphatic heterocycles. The Balaban J connectivity index is 1.84. The SMILES string of the molecule is O=C(O)[C@H]1CCN(c2ccc3c(=O)c4cccc(Cl)c4sc3c2)C1. The Hall–Kier alpha value is -2.11. The lowest BCUT2D eigenvalue weighted by molar-refractivity contribution is -0.140. The summed E-state index contributed by atoms with van der Waals surface area (Å²) in [7, 11) is 0. The number of fused-ring (bicyclic) bond motifs is 2. The van der Waals surface area contributed by atoms with E-state index in [-0.39, 0.29) is 11.3 Å². The Kier molecular flexibility index (Phi) is 3.70. The largest absolute Gasteiger partial charge is 0.481 e. The highest BCUT2D eigenvalue weighted by Crippen LogP contribution is 2.33. The molecule has 1 aliphatic rings. The second-order valence-electron chi connectivity index (χ2n) is 6.00. The minimum atomic E-state index is -0.749. The van der Waals surface area contributed by atoms with Crippen LogP contribution in [0.25, 0.3) is 20.2 Å². The number of rotatable bonds is 2. The maximum Gasteiger partial charge on any atom is 0.308 e. The van der Waals surface area contributed by atoms with E-state index in [0.29, 0.717) is 35.3 Å². The van der Waals surface area contributed by atoms with E-state index >= 15 is 0 Å². The van der Waals surface area contributed by atoms with Crippen molar-refractivity contribution >= 4 is 54.8 Å². The van der Waals surface area contributed by atoms with E-state index in [4.69, 9.17) is 16.7 Å². The molecule has 0 radical (unpaired) electrons. The first kappa shape index (κ1) is 15.4. The number of anilines is 1. The molecule has 0 aliphatic carbocycles. The molecular formula is C18H14ClNO3S. The van der Waals surface area contributed by atoms with Crippen LogP contribution >= 0.6 is 22.9 Å². The van der Waals surface area contributed by atoms with Gasteiger partial charge in [-0.25, -0.2) is 0 Å². The van der Waals surface area contributed by atoms with Gasteiger partial charge in [-0.3, -0.25) is 9.59 Å². The minimum absolute atomic E-state index is 0.0161. The zero-order valence-corrected chi connectivity index (χ0v) is 14.2. The van der Waals surface area contributed by atoms with Crippen LogP contribution in [-0.2, 0) is 4.79 Å². The van der Waals surface area contributed by atoms with Crippen molar-refractivity contribution in [2.24, 2.45) is 5.92 Å². The van der Waals surface area contributed by atoms with Crippen LogP contribution in [0.15, 0.2) is 41.2 Å². The number of hydrogen-bond acceptors (Lipinski definition) is 4. The van der Waals surface area contributed by atoms with Gasteiger partial charge in [-0.1, -0.05) is 17.7 Å². The summed E-state index contributed by atoms with van der Waals surface area (Å²) in [6, 6.07) is 11.1. The third kappa shape index (κ3) is 2.44. The molecule has 24 heavy (non-hydrogen) atoms. The van der Waals surface area contributed by atoms with Gasteiger partial charge < -0.3 is 10.0 Å². The molecule has 0 spiro atoms. The Morgan fingerprint density at radius 3 is 2.83 bits per heavy atom. The molecular weight excluding hydrogens is 346 g/mol. The second kappa shape index (κ2) is 5.76. The summed E-state index contributed by atoms with van der Waals surface area (Å²) >= 11 is 7.74. The summed E-state index contributed by atoms with van der Waals surface area (Å²) in [4.78, 5) is 25.9. The van der Waals surface area contributed by atoms with E-state index in [2.05, 4.69) is 4.90 Å². The zero-order valence-electron chi connectivity index (χ0n) is 12.7. The van der Waals surface area contributed by atoms with Gasteiger partial charge in [-0.05, 0) is 36.8 Å². The number of benzene rings is 2. The van der Waals surface area contributed by atoms with E-state index < -0.39 is 5.97 Å². The smallest absolute Gasteiger partial charge is 0.308 e. The normalized spacial score (nSPS) is 17.7. The highest BCUT2D eigenvalue weighted by molar-refractivity contribution is 7.25. The average molecular weight is 360 g/mol. The average Bonchev–Trinajstić information content (AvgIpc) is 3.06. The summed E-state index contributed by atoms with van der Waals surface area (Å²) < 4.78 is 1.66. The van der Waals surface area contributed by atoms with Gasteiger partial charge in [0.2, 0.25) is 0 Å². The first-order valence-corrected chi connectivity index (χ1v) is 8.87. The maximum absolute atomic E-state index is 12.7. The number of carboxylic acid groups (broad SMARTS) is 1. The minimum Gasteiger partial charge on any atom is -0.481 e. The molecule has 2 aromatic carbocycles. The van der Waals surface area contributed by atoms with Crippen LogP contribution in [0.2, 0.25) is 5.02 Å². The van der Waals surface area contributed by atoms with Gasteiger partial charge in [0.15, 0.2) is 5.43 Å². The fraction of sp³-hybridized carbons (Fsp3) is 0.222. The molecule has 4 nitrogen and oxygen atoms in total. The molecule has 3 aromatic rings. The third-order valence-corrected chi connectivity index (χ3v) is 6.16. The highest BCUT2D eigenvalue weighted by atomic mass is 35.5. The van der Waals surface area contributed by atoms with E-state index in [0.717, 1.165) is 15.1 Å². The molecule has 1 fully saturated rings. The monoisotopic (exact) mass is 359 g/mol. The number of hydrogen-bond donors (Lipinski definition) is 1. The van der Waals surface area contributed by atoms with Crippen LogP contribution in [0.3, 0.4) is 0 Å². The van der Waals surface area contributed by atoms with Crippen molar-refractivity contribution in [3.05, 3.63) is 51.6 Å². The fourth-order valence-electron chi connectivity index (χ4n) is 3.22. The molecule has 122 valence electrons. The number of halogens is 1. The van der Waals surface area contributed by atoms with Crippen LogP contribution < -0.4 is 10.3 Å². The molecule has 2 heterocycles. The fourth-order valence-corrected chi connectivity index (χ4v) is 4.62. The molecule has 1 saturated heterocycles. The topological polar surface area (TPSA) is 57.6 Å². The lowest BCUT2D eigenvalue weighted by Crippen LogP contribution is -2.22. The summed E-state index contributed by atoms with van der Waals surface area (Å²) in [5, 5.41) is 11.0. The number of nitrogens with zero attached hydrogens (tertiary/aromatic N) is 1. The van der Waals surface area contributed by atoms with Crippen LogP contribution in [-0.4, -0.2) is 24.2 Å². The molecule has 0 amide bonds. The van der Waals surface area contributed by atoms with Crippen molar-refractivity contribution in [3.63, 3.8) is 0 Å². The second-order valence-corrected chi connectivity index (χ2v) is 7.46. The molecule has 0 bridgehead atoms. The molecule has 1 N–H and O–H groups in total. The van der Waals surface area contributed by atoms with Gasteiger partial charge in [0.25, 0.3) is 0 Å². The van der Waals surface area contributed by atoms with Crippen LogP contribution in [0.4, 0.5) is 5.69 Å². The van der Waals surface area contributed by atoms with E-state index in [1.807, 2.05) is 18.2 Å². The van der Waals surface area contributed by atoms with Gasteiger partial charge >= 0.3 is 5.97 Å². The summed E-state index contributed by atoms with van der Waals surface area (Å²) in [5.74, 6) is -1.08. The lowest BCUT2D eigenvalue weighted by Gasteiger charge is -2.18. The Bertz CT molecular complexity index is 1030. The molecule has 0 saturated carbocycles. The van der Waals surface area contributed by atoms with Gasteiger partial charge in [0, 0.05) is 34.2 Å². The van der Waals surface area contributed by atoms with Crippen LogP contribution in [0, 0.1) is 5.92 Å². The van der Waals surface area contributed by atoms with E-state index in [1.165, 1.54) is 11.3 Å². The van der Waals surface area contributed by atoms with Crippen LogP contribution in [0.5, 0.6) is 0 Å². The molecule has 6 heteroatoms. The quantitative estimate of drug-likeness (QED) is 0.703. The number of carbonyl (C=O) groups is 1. The molecule has 4 rings (SSSR count). The Morgan fingerprint density at radius 1 is 1.25 bits per heavy atom. The highest BCUT2D eigenvalue weighted by Gasteiger charge is 2.28. The van der Waals surface area contributed by atoms with Gasteiger partial charge in [-0.2, -0.15) is 0 Å². The Morgan fingerprint density at radius 2 is 2.08 bits per heavy atom. The van der Waals surface area contributed by atoms with Crippen molar-refractivity contribution in [1.29, 1.82) is 0 Å². The third-order valence-electron chi connectivity index (χ3n) is 4.54. The first-order chi connectivity index (χ1) is 11.5. The Labute approximate surface area is 146 Å². The summed E-state index contributed by atoms with van der Waals surface area (Å²) in [5.41, 5.74) is 0.936. The van der Waals surface area contributed by atoms with Crippen molar-refractivity contribution in [2.45, 2.75) is 6.42 Å². The first-order valence-electron chi connectivity index (χ1n) is 7.67. The van der Waals surface area contributed by atoms with Crippen molar-refractivity contribution in [2.75, 3.05) is 18.0 Å². The lowest BCUT2D eigenvalue weighted by atomic mass is 10.1. The summed E-state index contributed by atoms with van der Waals surface area (Å²) in [6.45, 7) is 1.22. The molecule has 0 unspecified atom stereocenters. The maximum atomic E-state index is 12.7. The van der Waals surface area contributed by atoms with Crippen molar-refractivity contribution in [1.82, 2.24) is 0 Å². The van der Waals surface area contributed by atoms with E-state index in [1.54, 1.807) is 18.2 Å². The van der Waals surface area contributed by atoms with Crippen LogP contribution in [0.1, 0.15) is 6.42 Å². The van der Waals surface area contributed by atoms with Gasteiger partial charge in [0.05, 0.1) is 15.6 Å². The summed E-state index contributed by atoms with van der Waals surface area (Å²) in [6.07, 6.45) is 0.646. The predicted molar refractivity (Wildman–Crippen MR) is 98.6 cm³/mol. The van der Waals surface area contributed by atoms with Gasteiger partial charge in [0.1, 0.15) is 0 Å². The zero-order chi connectivity index (χ0) is 16.8. The molecule has 1 aromatic heterocycles. The predicted octanol–water partition coefficient (Wildman–Crippen LogP) is 3.98.